The molecule has 1 saturated carbocycles. The monoisotopic (exact) mass is 482 g/mol. The van der Waals surface area contributed by atoms with E-state index in [1.807, 2.05) is 29.6 Å². The van der Waals surface area contributed by atoms with Crippen molar-refractivity contribution in [2.24, 2.45) is 5.92 Å². The zero-order valence-electron chi connectivity index (χ0n) is 19.1. The van der Waals surface area contributed by atoms with Crippen LogP contribution in [0.15, 0.2) is 78.2 Å². The van der Waals surface area contributed by atoms with Crippen molar-refractivity contribution in [2.45, 2.75) is 18.9 Å². The lowest BCUT2D eigenvalue weighted by Gasteiger charge is -2.22. The summed E-state index contributed by atoms with van der Waals surface area (Å²) in [5.74, 6) is 0.891. The minimum Gasteiger partial charge on any atom is -0.355 e. The van der Waals surface area contributed by atoms with E-state index in [9.17, 15) is 9.18 Å². The van der Waals surface area contributed by atoms with Gasteiger partial charge in [0, 0.05) is 23.6 Å². The van der Waals surface area contributed by atoms with Crippen LogP contribution >= 0.6 is 11.3 Å². The minimum absolute atomic E-state index is 0.125. The highest BCUT2D eigenvalue weighted by Gasteiger charge is 2.36. The summed E-state index contributed by atoms with van der Waals surface area (Å²) in [6.45, 7) is 0. The van der Waals surface area contributed by atoms with Crippen molar-refractivity contribution in [1.29, 1.82) is 0 Å². The zero-order chi connectivity index (χ0) is 23.9. The number of fused-ring (bicyclic) bond motifs is 1. The molecule has 5 aromatic rings. The first-order valence-corrected chi connectivity index (χ1v) is 12.5. The van der Waals surface area contributed by atoms with E-state index >= 15 is 0 Å². The van der Waals surface area contributed by atoms with Crippen LogP contribution in [-0.4, -0.2) is 27.5 Å². The summed E-state index contributed by atoms with van der Waals surface area (Å²) in [7, 11) is 1.63. The lowest BCUT2D eigenvalue weighted by molar-refractivity contribution is 0.0963. The average Bonchev–Trinajstić information content (AvgIpc) is 3.48. The summed E-state index contributed by atoms with van der Waals surface area (Å²) in [5, 5.41) is 5.47. The highest BCUT2D eigenvalue weighted by Crippen LogP contribution is 2.47. The topological polar surface area (TPSA) is 59.8 Å². The van der Waals surface area contributed by atoms with E-state index in [0.717, 1.165) is 46.0 Å². The molecule has 1 aliphatic carbocycles. The van der Waals surface area contributed by atoms with Crippen molar-refractivity contribution in [3.05, 3.63) is 95.1 Å². The van der Waals surface area contributed by atoms with Gasteiger partial charge >= 0.3 is 0 Å². The highest BCUT2D eigenvalue weighted by atomic mass is 32.1. The molecule has 0 spiro atoms. The van der Waals surface area contributed by atoms with E-state index < -0.39 is 0 Å². The van der Waals surface area contributed by atoms with Crippen LogP contribution in [0, 0.1) is 11.7 Å². The third kappa shape index (κ3) is 4.02. The van der Waals surface area contributed by atoms with Gasteiger partial charge in [0.2, 0.25) is 0 Å². The van der Waals surface area contributed by atoms with E-state index in [1.54, 1.807) is 19.2 Å². The molecule has 0 bridgehead atoms. The van der Waals surface area contributed by atoms with Crippen LogP contribution in [-0.2, 0) is 0 Å². The Morgan fingerprint density at radius 3 is 2.54 bits per heavy atom. The molecule has 0 radical (unpaired) electrons. The maximum Gasteiger partial charge on any atom is 0.251 e. The molecule has 5 nitrogen and oxygen atoms in total. The number of benzene rings is 3. The van der Waals surface area contributed by atoms with Crippen molar-refractivity contribution in [3.63, 3.8) is 0 Å². The molecule has 174 valence electrons. The van der Waals surface area contributed by atoms with E-state index in [1.165, 1.54) is 29.0 Å². The predicted molar refractivity (Wildman–Crippen MR) is 137 cm³/mol. The van der Waals surface area contributed by atoms with Crippen molar-refractivity contribution in [1.82, 2.24) is 19.9 Å². The molecule has 1 N–H and O–H groups in total. The molecule has 7 heteroatoms. The highest BCUT2D eigenvalue weighted by molar-refractivity contribution is 7.13. The van der Waals surface area contributed by atoms with Crippen molar-refractivity contribution in [2.75, 3.05) is 7.05 Å². The maximum absolute atomic E-state index is 13.4. The van der Waals surface area contributed by atoms with Gasteiger partial charge in [0.1, 0.15) is 5.82 Å². The van der Waals surface area contributed by atoms with Crippen LogP contribution in [0.25, 0.3) is 33.1 Å². The normalized spacial score (nSPS) is 14.2. The second kappa shape index (κ2) is 8.74. The Balaban J connectivity index is 1.54. The first kappa shape index (κ1) is 21.7. The Labute approximate surface area is 206 Å². The second-order valence-corrected chi connectivity index (χ2v) is 9.68. The number of hydrogen-bond donors (Lipinski definition) is 1. The number of halogens is 1. The van der Waals surface area contributed by atoms with Crippen molar-refractivity contribution < 1.29 is 9.18 Å². The molecule has 35 heavy (non-hydrogen) atoms. The maximum atomic E-state index is 13.4. The molecule has 0 saturated heterocycles. The fourth-order valence-corrected chi connectivity index (χ4v) is 5.45. The van der Waals surface area contributed by atoms with Gasteiger partial charge in [-0.3, -0.25) is 4.79 Å². The molecule has 1 atom stereocenters. The summed E-state index contributed by atoms with van der Waals surface area (Å²) in [5.41, 5.74) is 5.21. The molecule has 3 aromatic carbocycles. The Morgan fingerprint density at radius 1 is 1.06 bits per heavy atom. The number of carbonyl (C=O) groups is 1. The van der Waals surface area contributed by atoms with Gasteiger partial charge < -0.3 is 9.88 Å². The summed E-state index contributed by atoms with van der Waals surface area (Å²) in [6.07, 6.45) is 2.32. The van der Waals surface area contributed by atoms with E-state index in [-0.39, 0.29) is 17.8 Å². The van der Waals surface area contributed by atoms with Gasteiger partial charge in [-0.25, -0.2) is 14.4 Å². The van der Waals surface area contributed by atoms with Gasteiger partial charge in [-0.1, -0.05) is 30.3 Å². The Kier molecular flexibility index (Phi) is 5.41. The molecular formula is C28H23FN4OS. The number of nitrogens with one attached hydrogen (secondary N) is 1. The fourth-order valence-electron chi connectivity index (χ4n) is 4.64. The lowest BCUT2D eigenvalue weighted by Crippen LogP contribution is -2.17. The predicted octanol–water partition coefficient (Wildman–Crippen LogP) is 6.32. The van der Waals surface area contributed by atoms with Crippen molar-refractivity contribution >= 4 is 28.3 Å². The zero-order valence-corrected chi connectivity index (χ0v) is 19.9. The third-order valence-electron chi connectivity index (χ3n) is 6.50. The van der Waals surface area contributed by atoms with Gasteiger partial charge in [-0.15, -0.1) is 11.3 Å². The molecular weight excluding hydrogens is 459 g/mol. The number of aromatic nitrogens is 3. The van der Waals surface area contributed by atoms with Gasteiger partial charge in [0.25, 0.3) is 5.91 Å². The molecule has 1 aliphatic rings. The van der Waals surface area contributed by atoms with Crippen LogP contribution in [0.1, 0.15) is 34.8 Å². The summed E-state index contributed by atoms with van der Waals surface area (Å²) in [4.78, 5) is 22.2. The first-order chi connectivity index (χ1) is 17.1. The van der Waals surface area contributed by atoms with Crippen LogP contribution in [0.5, 0.6) is 0 Å². The molecule has 1 fully saturated rings. The fraction of sp³-hybridized carbons (Fsp3) is 0.179. The summed E-state index contributed by atoms with van der Waals surface area (Å²) >= 11 is 1.52. The summed E-state index contributed by atoms with van der Waals surface area (Å²) < 4.78 is 15.7. The lowest BCUT2D eigenvalue weighted by atomic mass is 10.0. The number of carbonyl (C=O) groups excluding carboxylic acids is 1. The van der Waals surface area contributed by atoms with E-state index in [0.29, 0.717) is 11.5 Å². The number of imidazole rings is 1. The molecule has 0 unspecified atom stereocenters. The Hall–Kier alpha value is -3.84. The Morgan fingerprint density at radius 2 is 1.83 bits per heavy atom. The smallest absolute Gasteiger partial charge is 0.251 e. The van der Waals surface area contributed by atoms with Crippen LogP contribution in [0.4, 0.5) is 4.39 Å². The molecule has 1 amide bonds. The largest absolute Gasteiger partial charge is 0.355 e. The Bertz CT molecular complexity index is 1520. The average molecular weight is 483 g/mol. The molecule has 0 aliphatic heterocycles. The summed E-state index contributed by atoms with van der Waals surface area (Å²) in [6, 6.07) is 22.7. The number of nitrogens with zero attached hydrogens (tertiary/aromatic N) is 3. The van der Waals surface area contributed by atoms with E-state index in [4.69, 9.17) is 9.97 Å². The van der Waals surface area contributed by atoms with Gasteiger partial charge in [0.05, 0.1) is 22.8 Å². The SMILES string of the molecule is CNC(=O)c1ccc2c(c1)nc(-c1nc(-c3ccc(F)cc3)cs1)n2[C@@H](c1ccccc1)C1CC1. The van der Waals surface area contributed by atoms with Gasteiger partial charge in [-0.2, -0.15) is 0 Å². The van der Waals surface area contributed by atoms with Crippen LogP contribution in [0.3, 0.4) is 0 Å². The minimum atomic E-state index is -0.270. The quantitative estimate of drug-likeness (QED) is 0.308. The molecule has 2 heterocycles. The van der Waals surface area contributed by atoms with Crippen molar-refractivity contribution in [3.8, 4) is 22.1 Å². The van der Waals surface area contributed by atoms with Crippen LogP contribution in [0.2, 0.25) is 0 Å². The number of rotatable bonds is 6. The van der Waals surface area contributed by atoms with Crippen LogP contribution < -0.4 is 5.32 Å². The first-order valence-electron chi connectivity index (χ1n) is 11.6. The number of hydrogen-bond acceptors (Lipinski definition) is 4. The van der Waals surface area contributed by atoms with Gasteiger partial charge in [0.15, 0.2) is 10.8 Å². The third-order valence-corrected chi connectivity index (χ3v) is 7.34. The second-order valence-electron chi connectivity index (χ2n) is 8.83. The molecule has 6 rings (SSSR count). The molecule has 2 aromatic heterocycles. The standard InChI is InChI=1S/C28H23FN4OS/c1-30-27(34)20-11-14-24-22(15-20)31-26(28-32-23(16-35-28)17-9-12-21(29)13-10-17)33(24)25(19-7-8-19)18-5-3-2-4-6-18/h2-6,9-16,19,25H,7-8H2,1H3,(H,30,34)/t25-/m0/s1. The number of amides is 1. The number of thiazole rings is 1. The van der Waals surface area contributed by atoms with Gasteiger partial charge in [-0.05, 0) is 66.8 Å². The van der Waals surface area contributed by atoms with E-state index in [2.05, 4.69) is 34.1 Å².